The van der Waals surface area contributed by atoms with Crippen molar-refractivity contribution in [2.75, 3.05) is 0 Å². The van der Waals surface area contributed by atoms with Gasteiger partial charge in [-0.3, -0.25) is 4.79 Å². The highest BCUT2D eigenvalue weighted by Crippen LogP contribution is 1.79. The summed E-state index contributed by atoms with van der Waals surface area (Å²) in [5, 5.41) is 3.36. The van der Waals surface area contributed by atoms with Crippen molar-refractivity contribution in [1.29, 1.82) is 0 Å². The Labute approximate surface area is 53.7 Å². The Balaban J connectivity index is 3.24. The number of carbonyl (C=O) groups excluding carboxylic acids is 1. The van der Waals surface area contributed by atoms with Crippen LogP contribution in [-0.4, -0.2) is 15.8 Å². The van der Waals surface area contributed by atoms with Gasteiger partial charge in [-0.15, -0.1) is 4.68 Å². The maximum Gasteiger partial charge on any atom is 0.343 e. The van der Waals surface area contributed by atoms with Crippen LogP contribution in [0.5, 0.6) is 0 Å². The lowest BCUT2D eigenvalue weighted by Crippen LogP contribution is -2.28. The van der Waals surface area contributed by atoms with E-state index in [1.807, 2.05) is 0 Å². The van der Waals surface area contributed by atoms with Crippen LogP contribution in [0.3, 0.4) is 0 Å². The van der Waals surface area contributed by atoms with Gasteiger partial charge in [0.1, 0.15) is 5.51 Å². The van der Waals surface area contributed by atoms with Gasteiger partial charge in [0, 0.05) is 0 Å². The van der Waals surface area contributed by atoms with Crippen LogP contribution in [0.25, 0.3) is 0 Å². The van der Waals surface area contributed by atoms with Crippen molar-refractivity contribution in [3.8, 4) is 0 Å². The second-order valence-electron chi connectivity index (χ2n) is 1.25. The third-order valence-electron chi connectivity index (χ3n) is 0.698. The van der Waals surface area contributed by atoms with Gasteiger partial charge >= 0.3 is 10.9 Å². The lowest BCUT2D eigenvalue weighted by atomic mass is 11.0. The predicted molar refractivity (Wildman–Crippen MR) is 31.4 cm³/mol. The zero-order chi connectivity index (χ0) is 6.85. The van der Waals surface area contributed by atoms with Crippen molar-refractivity contribution < 1.29 is 4.79 Å². The van der Waals surface area contributed by atoms with Crippen molar-refractivity contribution in [3.63, 3.8) is 0 Å². The van der Waals surface area contributed by atoms with E-state index in [2.05, 4.69) is 5.10 Å². The molecule has 1 aromatic rings. The average molecular weight is 145 g/mol. The van der Waals surface area contributed by atoms with Gasteiger partial charge in [-0.2, -0.15) is 5.10 Å². The molecule has 0 spiro atoms. The Morgan fingerprint density at radius 2 is 2.56 bits per heavy atom. The fraction of sp³-hybridized carbons (Fsp3) is 0. The molecule has 0 atom stereocenters. The van der Waals surface area contributed by atoms with Crippen LogP contribution >= 0.6 is 11.3 Å². The first-order valence-corrected chi connectivity index (χ1v) is 2.92. The van der Waals surface area contributed by atoms with Crippen LogP contribution in [0.1, 0.15) is 0 Å². The highest BCUT2D eigenvalue weighted by molar-refractivity contribution is 7.06. The third kappa shape index (κ3) is 0.968. The van der Waals surface area contributed by atoms with E-state index in [1.165, 1.54) is 5.51 Å². The molecule has 0 aromatic carbocycles. The summed E-state index contributed by atoms with van der Waals surface area (Å²) < 4.78 is 0.602. The van der Waals surface area contributed by atoms with Crippen LogP contribution in [-0.2, 0) is 0 Å². The molecule has 48 valence electrons. The molecule has 0 saturated carbocycles. The Kier molecular flexibility index (Phi) is 1.31. The smallest absolute Gasteiger partial charge is 0.343 e. The van der Waals surface area contributed by atoms with Gasteiger partial charge < -0.3 is 5.73 Å². The van der Waals surface area contributed by atoms with Gasteiger partial charge in [0.2, 0.25) is 0 Å². The molecule has 1 aromatic heterocycles. The van der Waals surface area contributed by atoms with E-state index >= 15 is 0 Å². The molecule has 0 saturated heterocycles. The molecular weight excluding hydrogens is 142 g/mol. The minimum Gasteiger partial charge on any atom is -0.350 e. The van der Waals surface area contributed by atoms with Gasteiger partial charge in [-0.25, -0.2) is 4.79 Å². The fourth-order valence-electron chi connectivity index (χ4n) is 0.360. The van der Waals surface area contributed by atoms with Crippen molar-refractivity contribution >= 4 is 17.4 Å². The first-order valence-electron chi connectivity index (χ1n) is 2.04. The normalized spacial score (nSPS) is 9.33. The Bertz CT molecular complexity index is 275. The highest BCUT2D eigenvalue weighted by Gasteiger charge is 2.01. The lowest BCUT2D eigenvalue weighted by Gasteiger charge is -1.84. The van der Waals surface area contributed by atoms with Crippen molar-refractivity contribution in [2.24, 2.45) is 5.73 Å². The molecule has 0 unspecified atom stereocenters. The Morgan fingerprint density at radius 3 is 2.78 bits per heavy atom. The molecular formula is C3H3N3O2S. The zero-order valence-electron chi connectivity index (χ0n) is 4.27. The standard InChI is InChI=1S/C3H3N3O2S/c4-2(7)6-3(8)9-1-5-6/h1H,(H2,4,7). The summed E-state index contributed by atoms with van der Waals surface area (Å²) in [5.74, 6) is 0. The molecule has 2 N–H and O–H groups in total. The van der Waals surface area contributed by atoms with E-state index in [1.54, 1.807) is 0 Å². The van der Waals surface area contributed by atoms with Crippen LogP contribution in [0, 0.1) is 0 Å². The number of hydrogen-bond donors (Lipinski definition) is 1. The summed E-state index contributed by atoms with van der Waals surface area (Å²) in [6.45, 7) is 0. The van der Waals surface area contributed by atoms with E-state index in [0.29, 0.717) is 4.68 Å². The van der Waals surface area contributed by atoms with Crippen LogP contribution in [0.15, 0.2) is 10.3 Å². The second kappa shape index (κ2) is 1.98. The van der Waals surface area contributed by atoms with E-state index in [0.717, 1.165) is 11.3 Å². The number of aromatic nitrogens is 2. The summed E-state index contributed by atoms with van der Waals surface area (Å²) in [4.78, 5) is 20.2. The average Bonchev–Trinajstić information content (AvgIpc) is 2.13. The summed E-state index contributed by atoms with van der Waals surface area (Å²) >= 11 is 0.828. The van der Waals surface area contributed by atoms with Crippen LogP contribution < -0.4 is 10.6 Å². The molecule has 0 radical (unpaired) electrons. The first-order chi connectivity index (χ1) is 4.22. The molecule has 0 fully saturated rings. The quantitative estimate of drug-likeness (QED) is 0.520. The van der Waals surface area contributed by atoms with Gasteiger partial charge in [0.25, 0.3) is 0 Å². The highest BCUT2D eigenvalue weighted by atomic mass is 32.1. The number of nitrogens with two attached hydrogens (primary N) is 1. The van der Waals surface area contributed by atoms with Gasteiger partial charge in [0.05, 0.1) is 0 Å². The van der Waals surface area contributed by atoms with Crippen LogP contribution in [0.4, 0.5) is 4.79 Å². The number of amides is 1. The summed E-state index contributed by atoms with van der Waals surface area (Å²) in [6.07, 6.45) is 0. The number of nitrogens with zero attached hydrogens (tertiary/aromatic N) is 2. The number of hydrogen-bond acceptors (Lipinski definition) is 4. The molecule has 0 aliphatic heterocycles. The predicted octanol–water partition coefficient (Wildman–Crippen LogP) is -0.768. The third-order valence-corrected chi connectivity index (χ3v) is 1.27. The summed E-state index contributed by atoms with van der Waals surface area (Å²) in [7, 11) is 0. The minimum absolute atomic E-state index is 0.456. The van der Waals surface area contributed by atoms with Crippen molar-refractivity contribution in [1.82, 2.24) is 9.78 Å². The molecule has 0 bridgehead atoms. The van der Waals surface area contributed by atoms with Gasteiger partial charge in [-0.05, 0) is 0 Å². The number of primary amides is 1. The first kappa shape index (κ1) is 5.96. The minimum atomic E-state index is -0.846. The second-order valence-corrected chi connectivity index (χ2v) is 2.05. The maximum atomic E-state index is 10.5. The topological polar surface area (TPSA) is 78.0 Å². The Morgan fingerprint density at radius 1 is 1.89 bits per heavy atom. The monoisotopic (exact) mass is 145 g/mol. The lowest BCUT2D eigenvalue weighted by molar-refractivity contribution is 0.247. The van der Waals surface area contributed by atoms with E-state index < -0.39 is 10.9 Å². The summed E-state index contributed by atoms with van der Waals surface area (Å²) in [5.41, 5.74) is 5.98. The molecule has 6 heteroatoms. The molecule has 0 aliphatic rings. The van der Waals surface area contributed by atoms with Gasteiger partial charge in [-0.1, -0.05) is 11.3 Å². The molecule has 0 aliphatic carbocycles. The molecule has 5 nitrogen and oxygen atoms in total. The van der Waals surface area contributed by atoms with Gasteiger partial charge in [0.15, 0.2) is 0 Å². The van der Waals surface area contributed by atoms with Crippen LogP contribution in [0.2, 0.25) is 0 Å². The molecule has 1 heterocycles. The Hall–Kier alpha value is -1.17. The summed E-state index contributed by atoms with van der Waals surface area (Å²) in [6, 6.07) is -0.846. The number of rotatable bonds is 0. The van der Waals surface area contributed by atoms with E-state index in [-0.39, 0.29) is 0 Å². The molecule has 9 heavy (non-hydrogen) atoms. The SMILES string of the molecule is NC(=O)n1ncsc1=O. The van der Waals surface area contributed by atoms with Crippen molar-refractivity contribution in [2.45, 2.75) is 0 Å². The van der Waals surface area contributed by atoms with Crippen molar-refractivity contribution in [3.05, 3.63) is 15.2 Å². The largest absolute Gasteiger partial charge is 0.350 e. The molecule has 1 rings (SSSR count). The molecule has 1 amide bonds. The zero-order valence-corrected chi connectivity index (χ0v) is 5.09. The van der Waals surface area contributed by atoms with E-state index in [4.69, 9.17) is 5.73 Å². The fourth-order valence-corrected chi connectivity index (χ4v) is 0.828. The van der Waals surface area contributed by atoms with E-state index in [9.17, 15) is 9.59 Å². The maximum absolute atomic E-state index is 10.5. The number of carbonyl (C=O) groups is 1.